The van der Waals surface area contributed by atoms with Crippen molar-refractivity contribution in [2.45, 2.75) is 64.0 Å². The van der Waals surface area contributed by atoms with Crippen molar-refractivity contribution in [1.29, 1.82) is 0 Å². The minimum Gasteiger partial charge on any atom is -0.493 e. The number of hydrogen-bond acceptors (Lipinski definition) is 4. The zero-order valence-electron chi connectivity index (χ0n) is 16.6. The normalized spacial score (nSPS) is 24.8. The van der Waals surface area contributed by atoms with Crippen LogP contribution in [-0.4, -0.2) is 39.4 Å². The Morgan fingerprint density at radius 1 is 1.25 bits per heavy atom. The van der Waals surface area contributed by atoms with Crippen molar-refractivity contribution in [3.05, 3.63) is 41.0 Å². The van der Waals surface area contributed by atoms with Crippen molar-refractivity contribution in [1.82, 2.24) is 0 Å². The summed E-state index contributed by atoms with van der Waals surface area (Å²) in [7, 11) is 0. The van der Waals surface area contributed by atoms with E-state index in [0.717, 1.165) is 35.3 Å². The second-order valence-electron chi connectivity index (χ2n) is 7.64. The zero-order valence-corrected chi connectivity index (χ0v) is 17.4. The van der Waals surface area contributed by atoms with Crippen LogP contribution in [0.4, 0.5) is 0 Å². The van der Waals surface area contributed by atoms with Crippen LogP contribution in [0.15, 0.2) is 24.3 Å². The first kappa shape index (κ1) is 22.7. The van der Waals surface area contributed by atoms with Crippen LogP contribution >= 0.6 is 11.6 Å². The summed E-state index contributed by atoms with van der Waals surface area (Å²) in [6.45, 7) is 4.29. The smallest absolute Gasteiger partial charge is 0.303 e. The van der Waals surface area contributed by atoms with Gasteiger partial charge in [0, 0.05) is 17.7 Å². The first-order valence-electron chi connectivity index (χ1n) is 9.86. The highest BCUT2D eigenvalue weighted by atomic mass is 35.5. The van der Waals surface area contributed by atoms with Crippen LogP contribution in [0.25, 0.3) is 0 Å². The molecule has 0 spiro atoms. The Bertz CT molecular complexity index is 664. The van der Waals surface area contributed by atoms with Crippen molar-refractivity contribution in [3.8, 4) is 5.75 Å². The first-order chi connectivity index (χ1) is 13.3. The van der Waals surface area contributed by atoms with Gasteiger partial charge in [-0.2, -0.15) is 0 Å². The number of ether oxygens (including phenoxy) is 1. The van der Waals surface area contributed by atoms with Crippen molar-refractivity contribution < 1.29 is 24.9 Å². The first-order valence-corrected chi connectivity index (χ1v) is 10.3. The molecule has 0 aliphatic heterocycles. The maximum Gasteiger partial charge on any atom is 0.303 e. The highest BCUT2D eigenvalue weighted by Gasteiger charge is 2.41. The topological polar surface area (TPSA) is 87.0 Å². The van der Waals surface area contributed by atoms with Crippen LogP contribution in [0, 0.1) is 25.7 Å². The third-order valence-corrected chi connectivity index (χ3v) is 6.08. The number of allylic oxidation sites excluding steroid dienone is 2. The molecule has 6 heteroatoms. The molecule has 2 rings (SSSR count). The van der Waals surface area contributed by atoms with E-state index in [2.05, 4.69) is 0 Å². The molecule has 0 heterocycles. The molecule has 0 saturated heterocycles. The van der Waals surface area contributed by atoms with Crippen LogP contribution < -0.4 is 4.74 Å². The lowest BCUT2D eigenvalue weighted by molar-refractivity contribution is -0.137. The number of hydrogen-bond donors (Lipinski definition) is 3. The quantitative estimate of drug-likeness (QED) is 0.308. The predicted octanol–water partition coefficient (Wildman–Crippen LogP) is 3.98. The van der Waals surface area contributed by atoms with Crippen molar-refractivity contribution >= 4 is 17.6 Å². The molecule has 1 fully saturated rings. The Morgan fingerprint density at radius 2 is 1.93 bits per heavy atom. The minimum atomic E-state index is -0.775. The van der Waals surface area contributed by atoms with E-state index in [4.69, 9.17) is 21.4 Å². The van der Waals surface area contributed by atoms with Crippen molar-refractivity contribution in [2.24, 2.45) is 11.8 Å². The molecule has 1 aliphatic carbocycles. The van der Waals surface area contributed by atoms with E-state index in [-0.39, 0.29) is 30.2 Å². The van der Waals surface area contributed by atoms with Gasteiger partial charge in [0.25, 0.3) is 0 Å². The molecule has 0 aromatic heterocycles. The van der Waals surface area contributed by atoms with E-state index in [1.54, 1.807) is 0 Å². The summed E-state index contributed by atoms with van der Waals surface area (Å²) in [5.74, 6) is 0.0267. The van der Waals surface area contributed by atoms with E-state index in [0.29, 0.717) is 19.4 Å². The summed E-state index contributed by atoms with van der Waals surface area (Å²) >= 11 is 6.47. The molecule has 1 saturated carbocycles. The van der Waals surface area contributed by atoms with Gasteiger partial charge < -0.3 is 20.1 Å². The fraction of sp³-hybridized carbons (Fsp3) is 0.591. The van der Waals surface area contributed by atoms with E-state index in [9.17, 15) is 15.0 Å². The van der Waals surface area contributed by atoms with E-state index in [1.165, 1.54) is 0 Å². The van der Waals surface area contributed by atoms with Crippen LogP contribution in [-0.2, 0) is 11.4 Å². The molecule has 0 radical (unpaired) electrons. The molecule has 156 valence electrons. The summed E-state index contributed by atoms with van der Waals surface area (Å²) in [5, 5.41) is 28.4. The molecule has 1 aliphatic rings. The van der Waals surface area contributed by atoms with Gasteiger partial charge in [-0.1, -0.05) is 12.2 Å². The van der Waals surface area contributed by atoms with Crippen LogP contribution in [0.2, 0.25) is 0 Å². The van der Waals surface area contributed by atoms with Gasteiger partial charge in [0.15, 0.2) is 0 Å². The SMILES string of the molecule is Cc1cc(OCC2C(O)CC(Cl)C2C/C=C\CCCC(=O)O)cc(C)c1CO. The Balaban J connectivity index is 1.93. The fourth-order valence-corrected chi connectivity index (χ4v) is 4.38. The molecule has 3 N–H and O–H groups in total. The number of aryl methyl sites for hydroxylation is 2. The number of alkyl halides is 1. The lowest BCUT2D eigenvalue weighted by Gasteiger charge is -2.23. The van der Waals surface area contributed by atoms with Gasteiger partial charge in [-0.15, -0.1) is 11.6 Å². The molecule has 5 nitrogen and oxygen atoms in total. The molecule has 28 heavy (non-hydrogen) atoms. The predicted molar refractivity (Wildman–Crippen MR) is 110 cm³/mol. The van der Waals surface area contributed by atoms with Gasteiger partial charge in [0.1, 0.15) is 5.75 Å². The number of halogens is 1. The van der Waals surface area contributed by atoms with Gasteiger partial charge in [-0.05, 0) is 74.3 Å². The molecule has 4 atom stereocenters. The highest BCUT2D eigenvalue weighted by Crippen LogP contribution is 2.39. The molecule has 4 unspecified atom stereocenters. The van der Waals surface area contributed by atoms with E-state index >= 15 is 0 Å². The van der Waals surface area contributed by atoms with Gasteiger partial charge in [0.05, 0.1) is 19.3 Å². The lowest BCUT2D eigenvalue weighted by Crippen LogP contribution is -2.27. The van der Waals surface area contributed by atoms with E-state index < -0.39 is 12.1 Å². The summed E-state index contributed by atoms with van der Waals surface area (Å²) in [4.78, 5) is 10.5. The minimum absolute atomic E-state index is 0.00802. The monoisotopic (exact) mass is 410 g/mol. The second-order valence-corrected chi connectivity index (χ2v) is 8.21. The van der Waals surface area contributed by atoms with Gasteiger partial charge in [-0.3, -0.25) is 4.79 Å². The Kier molecular flexibility index (Phi) is 8.80. The average Bonchev–Trinajstić information content (AvgIpc) is 2.88. The lowest BCUT2D eigenvalue weighted by atomic mass is 9.92. The molecular formula is C22H31ClO5. The van der Waals surface area contributed by atoms with Crippen LogP contribution in [0.1, 0.15) is 48.8 Å². The molecular weight excluding hydrogens is 380 g/mol. The van der Waals surface area contributed by atoms with Crippen LogP contribution in [0.3, 0.4) is 0 Å². The number of unbranched alkanes of at least 4 members (excludes halogenated alkanes) is 1. The Hall–Kier alpha value is -1.56. The maximum absolute atomic E-state index is 10.5. The van der Waals surface area contributed by atoms with E-state index in [1.807, 2.05) is 38.1 Å². The van der Waals surface area contributed by atoms with Crippen LogP contribution in [0.5, 0.6) is 5.75 Å². The average molecular weight is 411 g/mol. The number of rotatable bonds is 10. The third-order valence-electron chi connectivity index (χ3n) is 5.58. The third kappa shape index (κ3) is 6.23. The summed E-state index contributed by atoms with van der Waals surface area (Å²) < 4.78 is 5.98. The number of aliphatic carboxylic acids is 1. The standard InChI is InChI=1S/C22H31ClO5/c1-14-9-16(10-15(2)18(14)12-24)28-13-19-17(20(23)11-21(19)25)7-5-3-4-6-8-22(26)27/h3,5,9-10,17,19-21,24-25H,4,6-8,11-13H2,1-2H3,(H,26,27)/b5-3-. The summed E-state index contributed by atoms with van der Waals surface area (Å²) in [6, 6.07) is 3.82. The fourth-order valence-electron chi connectivity index (χ4n) is 3.91. The number of carboxylic acid groups (broad SMARTS) is 1. The number of carboxylic acids is 1. The van der Waals surface area contributed by atoms with Gasteiger partial charge in [0.2, 0.25) is 0 Å². The molecule has 0 bridgehead atoms. The van der Waals surface area contributed by atoms with Gasteiger partial charge in [-0.25, -0.2) is 0 Å². The highest BCUT2D eigenvalue weighted by molar-refractivity contribution is 6.21. The number of aliphatic hydroxyl groups excluding tert-OH is 2. The number of benzene rings is 1. The Morgan fingerprint density at radius 3 is 2.54 bits per heavy atom. The summed E-state index contributed by atoms with van der Waals surface area (Å²) in [6.07, 6.45) is 6.36. The summed E-state index contributed by atoms with van der Waals surface area (Å²) in [5.41, 5.74) is 2.89. The van der Waals surface area contributed by atoms with Gasteiger partial charge >= 0.3 is 5.97 Å². The maximum atomic E-state index is 10.5. The van der Waals surface area contributed by atoms with Crippen molar-refractivity contribution in [3.63, 3.8) is 0 Å². The van der Waals surface area contributed by atoms with Crippen molar-refractivity contribution in [2.75, 3.05) is 6.61 Å². The largest absolute Gasteiger partial charge is 0.493 e. The molecule has 0 amide bonds. The molecule has 1 aromatic carbocycles. The number of carbonyl (C=O) groups is 1. The number of aliphatic hydroxyl groups is 2. The second kappa shape index (κ2) is 10.8. The zero-order chi connectivity index (χ0) is 20.7. The Labute approximate surface area is 172 Å². The molecule has 1 aromatic rings.